The maximum absolute atomic E-state index is 10.5. The topological polar surface area (TPSA) is 29.5 Å². The summed E-state index contributed by atoms with van der Waals surface area (Å²) >= 11 is 12.3. The number of aliphatic hydroxyl groups is 1. The highest BCUT2D eigenvalue weighted by Gasteiger charge is 2.25. The molecule has 1 aliphatic rings. The number of hydrogen-bond acceptors (Lipinski definition) is 2. The second kappa shape index (κ2) is 6.37. The molecule has 1 N–H and O–H groups in total. The highest BCUT2D eigenvalue weighted by Crippen LogP contribution is 2.38. The number of hydrogen-bond donors (Lipinski definition) is 1. The van der Waals surface area contributed by atoms with Gasteiger partial charge in [0.25, 0.3) is 0 Å². The van der Waals surface area contributed by atoms with Crippen LogP contribution in [0.4, 0.5) is 0 Å². The van der Waals surface area contributed by atoms with Crippen LogP contribution in [-0.2, 0) is 11.2 Å². The summed E-state index contributed by atoms with van der Waals surface area (Å²) in [5.41, 5.74) is 3.00. The van der Waals surface area contributed by atoms with Crippen molar-refractivity contribution in [3.05, 3.63) is 69.2 Å². The van der Waals surface area contributed by atoms with Gasteiger partial charge in [0.2, 0.25) is 0 Å². The molecule has 2 unspecified atom stereocenters. The Morgan fingerprint density at radius 1 is 1.10 bits per heavy atom. The fourth-order valence-electron chi connectivity index (χ4n) is 2.82. The molecular formula is C17H16Cl2O2. The summed E-state index contributed by atoms with van der Waals surface area (Å²) < 4.78 is 5.83. The summed E-state index contributed by atoms with van der Waals surface area (Å²) in [7, 11) is 0. The average molecular weight is 323 g/mol. The van der Waals surface area contributed by atoms with Crippen LogP contribution in [0.3, 0.4) is 0 Å². The summed E-state index contributed by atoms with van der Waals surface area (Å²) in [4.78, 5) is 0. The molecule has 3 rings (SSSR count). The zero-order valence-corrected chi connectivity index (χ0v) is 12.9. The van der Waals surface area contributed by atoms with Crippen LogP contribution in [0.5, 0.6) is 0 Å². The molecule has 2 atom stereocenters. The molecule has 0 saturated heterocycles. The van der Waals surface area contributed by atoms with E-state index in [2.05, 4.69) is 12.1 Å². The van der Waals surface area contributed by atoms with E-state index in [-0.39, 0.29) is 6.10 Å². The number of halogens is 2. The van der Waals surface area contributed by atoms with E-state index < -0.39 is 6.10 Å². The van der Waals surface area contributed by atoms with Crippen LogP contribution < -0.4 is 0 Å². The van der Waals surface area contributed by atoms with Gasteiger partial charge in [-0.3, -0.25) is 0 Å². The SMILES string of the molecule is OC(CC1OCCc2ccccc21)c1c(Cl)cccc1Cl. The van der Waals surface area contributed by atoms with Crippen molar-refractivity contribution in [3.8, 4) is 0 Å². The van der Waals surface area contributed by atoms with Gasteiger partial charge in [0.1, 0.15) is 0 Å². The van der Waals surface area contributed by atoms with Crippen LogP contribution in [0.25, 0.3) is 0 Å². The smallest absolute Gasteiger partial charge is 0.0855 e. The van der Waals surface area contributed by atoms with Crippen molar-refractivity contribution in [2.75, 3.05) is 6.61 Å². The molecule has 110 valence electrons. The van der Waals surface area contributed by atoms with Crippen molar-refractivity contribution < 1.29 is 9.84 Å². The van der Waals surface area contributed by atoms with E-state index in [1.807, 2.05) is 12.1 Å². The molecular weight excluding hydrogens is 307 g/mol. The first kappa shape index (κ1) is 14.9. The van der Waals surface area contributed by atoms with Crippen molar-refractivity contribution in [2.24, 2.45) is 0 Å². The Kier molecular flexibility index (Phi) is 4.51. The lowest BCUT2D eigenvalue weighted by Crippen LogP contribution is -2.18. The molecule has 2 aromatic rings. The van der Waals surface area contributed by atoms with Crippen molar-refractivity contribution in [2.45, 2.75) is 25.0 Å². The molecule has 0 spiro atoms. The molecule has 0 saturated carbocycles. The van der Waals surface area contributed by atoms with Gasteiger partial charge >= 0.3 is 0 Å². The minimum atomic E-state index is -0.748. The number of benzene rings is 2. The molecule has 0 bridgehead atoms. The molecule has 0 aliphatic carbocycles. The predicted octanol–water partition coefficient (Wildman–Crippen LogP) is 4.73. The lowest BCUT2D eigenvalue weighted by Gasteiger charge is -2.28. The van der Waals surface area contributed by atoms with Crippen LogP contribution in [0.2, 0.25) is 10.0 Å². The van der Waals surface area contributed by atoms with Crippen molar-refractivity contribution in [1.82, 2.24) is 0 Å². The highest BCUT2D eigenvalue weighted by atomic mass is 35.5. The Labute approximate surface area is 134 Å². The van der Waals surface area contributed by atoms with Crippen LogP contribution >= 0.6 is 23.2 Å². The lowest BCUT2D eigenvalue weighted by molar-refractivity contribution is 0.00382. The predicted molar refractivity (Wildman–Crippen MR) is 84.9 cm³/mol. The van der Waals surface area contributed by atoms with Crippen molar-refractivity contribution in [1.29, 1.82) is 0 Å². The van der Waals surface area contributed by atoms with Crippen molar-refractivity contribution in [3.63, 3.8) is 0 Å². The van der Waals surface area contributed by atoms with Crippen LogP contribution in [0.15, 0.2) is 42.5 Å². The van der Waals surface area contributed by atoms with Crippen LogP contribution in [0.1, 0.15) is 35.3 Å². The third-order valence-corrected chi connectivity index (χ3v) is 4.52. The Morgan fingerprint density at radius 2 is 1.81 bits per heavy atom. The number of aliphatic hydroxyl groups excluding tert-OH is 1. The fourth-order valence-corrected chi connectivity index (χ4v) is 3.47. The normalized spacial score (nSPS) is 19.1. The second-order valence-electron chi connectivity index (χ2n) is 5.20. The molecule has 0 fully saturated rings. The molecule has 1 heterocycles. The Morgan fingerprint density at radius 3 is 2.57 bits per heavy atom. The summed E-state index contributed by atoms with van der Waals surface area (Å²) in [6.07, 6.45) is 0.482. The summed E-state index contributed by atoms with van der Waals surface area (Å²) in [5.74, 6) is 0. The van der Waals surface area contributed by atoms with Gasteiger partial charge in [-0.2, -0.15) is 0 Å². The molecule has 2 aromatic carbocycles. The molecule has 0 radical (unpaired) electrons. The van der Waals surface area contributed by atoms with E-state index >= 15 is 0 Å². The standard InChI is InChI=1S/C17H16Cl2O2/c18-13-6-3-7-14(19)17(13)15(20)10-16-12-5-2-1-4-11(12)8-9-21-16/h1-7,15-16,20H,8-10H2. The van der Waals surface area contributed by atoms with E-state index in [0.717, 1.165) is 12.0 Å². The summed E-state index contributed by atoms with van der Waals surface area (Å²) in [6, 6.07) is 13.4. The zero-order chi connectivity index (χ0) is 14.8. The van der Waals surface area contributed by atoms with E-state index in [4.69, 9.17) is 27.9 Å². The summed E-state index contributed by atoms with van der Waals surface area (Å²) in [5, 5.41) is 11.5. The van der Waals surface area contributed by atoms with Crippen LogP contribution in [-0.4, -0.2) is 11.7 Å². The average Bonchev–Trinajstić information content (AvgIpc) is 2.47. The number of rotatable bonds is 3. The summed E-state index contributed by atoms with van der Waals surface area (Å²) in [6.45, 7) is 0.671. The molecule has 2 nitrogen and oxygen atoms in total. The first-order valence-electron chi connectivity index (χ1n) is 6.98. The maximum Gasteiger partial charge on any atom is 0.0855 e. The molecule has 0 amide bonds. The molecule has 1 aliphatic heterocycles. The van der Waals surface area contributed by atoms with Gasteiger partial charge in [0.05, 0.1) is 18.8 Å². The number of ether oxygens (including phenoxy) is 1. The first-order valence-corrected chi connectivity index (χ1v) is 7.74. The van der Waals surface area contributed by atoms with E-state index in [1.54, 1.807) is 18.2 Å². The maximum atomic E-state index is 10.5. The fraction of sp³-hybridized carbons (Fsp3) is 0.294. The minimum absolute atomic E-state index is 0.128. The Balaban J connectivity index is 1.85. The Hall–Kier alpha value is -1.06. The monoisotopic (exact) mass is 322 g/mol. The second-order valence-corrected chi connectivity index (χ2v) is 6.01. The van der Waals surface area contributed by atoms with Crippen LogP contribution in [0, 0.1) is 0 Å². The van der Waals surface area contributed by atoms with Gasteiger partial charge in [-0.1, -0.05) is 53.5 Å². The van der Waals surface area contributed by atoms with Gasteiger partial charge < -0.3 is 9.84 Å². The lowest BCUT2D eigenvalue weighted by atomic mass is 9.92. The van der Waals surface area contributed by atoms with Gasteiger partial charge in [-0.05, 0) is 29.7 Å². The van der Waals surface area contributed by atoms with Gasteiger partial charge in [-0.15, -0.1) is 0 Å². The van der Waals surface area contributed by atoms with E-state index in [0.29, 0.717) is 28.6 Å². The molecule has 21 heavy (non-hydrogen) atoms. The van der Waals surface area contributed by atoms with E-state index in [9.17, 15) is 5.11 Å². The molecule has 0 aromatic heterocycles. The van der Waals surface area contributed by atoms with E-state index in [1.165, 1.54) is 5.56 Å². The Bertz CT molecular complexity index is 622. The molecule has 4 heteroatoms. The van der Waals surface area contributed by atoms with Crippen molar-refractivity contribution >= 4 is 23.2 Å². The van der Waals surface area contributed by atoms with Gasteiger partial charge in [0, 0.05) is 22.0 Å². The highest BCUT2D eigenvalue weighted by molar-refractivity contribution is 6.36. The first-order chi connectivity index (χ1) is 10.2. The zero-order valence-electron chi connectivity index (χ0n) is 11.4. The minimum Gasteiger partial charge on any atom is -0.388 e. The third-order valence-electron chi connectivity index (χ3n) is 3.86. The quantitative estimate of drug-likeness (QED) is 0.885. The van der Waals surface area contributed by atoms with Gasteiger partial charge in [0.15, 0.2) is 0 Å². The largest absolute Gasteiger partial charge is 0.388 e. The van der Waals surface area contributed by atoms with Gasteiger partial charge in [-0.25, -0.2) is 0 Å². The third kappa shape index (κ3) is 3.09. The number of fused-ring (bicyclic) bond motifs is 1.